The number of rotatable bonds is 4. The molecule has 2 amide bonds. The molecule has 6 heteroatoms. The van der Waals surface area contributed by atoms with Crippen LogP contribution in [0.2, 0.25) is 0 Å². The largest absolute Gasteiger partial charge is 0.341 e. The molecule has 1 atom stereocenters. The van der Waals surface area contributed by atoms with E-state index in [-0.39, 0.29) is 24.2 Å². The van der Waals surface area contributed by atoms with Crippen molar-refractivity contribution in [3.63, 3.8) is 0 Å². The van der Waals surface area contributed by atoms with E-state index in [1.165, 1.54) is 0 Å². The number of carbonyl (C=O) groups is 2. The molecule has 1 aromatic carbocycles. The normalized spacial score (nSPS) is 23.6. The lowest BCUT2D eigenvalue weighted by Gasteiger charge is -2.41. The predicted molar refractivity (Wildman–Crippen MR) is 106 cm³/mol. The van der Waals surface area contributed by atoms with E-state index in [9.17, 15) is 9.59 Å². The van der Waals surface area contributed by atoms with Gasteiger partial charge in [-0.25, -0.2) is 0 Å². The van der Waals surface area contributed by atoms with Crippen LogP contribution in [0.25, 0.3) is 0 Å². The molecule has 1 N–H and O–H groups in total. The number of nitrogens with one attached hydrogen (secondary N) is 1. The maximum atomic E-state index is 13.2. The average molecular weight is 380 g/mol. The van der Waals surface area contributed by atoms with Crippen LogP contribution in [0.3, 0.4) is 0 Å². The fourth-order valence-electron chi connectivity index (χ4n) is 4.22. The maximum absolute atomic E-state index is 13.2. The Morgan fingerprint density at radius 1 is 1.15 bits per heavy atom. The van der Waals surface area contributed by atoms with Crippen molar-refractivity contribution in [3.05, 3.63) is 35.9 Å². The third-order valence-corrected chi connectivity index (χ3v) is 5.76. The molecular weight excluding hydrogens is 350 g/mol. The lowest BCUT2D eigenvalue weighted by molar-refractivity contribution is -0.142. The number of hydrogen-bond donors (Lipinski definition) is 1. The second kappa shape index (κ2) is 8.87. The van der Waals surface area contributed by atoms with Crippen LogP contribution in [0.1, 0.15) is 43.0 Å². The second-order valence-electron chi connectivity index (χ2n) is 7.49. The number of piperidine rings is 1. The Morgan fingerprint density at radius 2 is 1.81 bits per heavy atom. The van der Waals surface area contributed by atoms with Gasteiger partial charge in [-0.05, 0) is 64.3 Å². The van der Waals surface area contributed by atoms with Gasteiger partial charge in [0.1, 0.15) is 5.54 Å². The summed E-state index contributed by atoms with van der Waals surface area (Å²) in [6.07, 6.45) is 3.71. The van der Waals surface area contributed by atoms with Crippen molar-refractivity contribution in [1.29, 1.82) is 0 Å². The monoisotopic (exact) mass is 379 g/mol. The van der Waals surface area contributed by atoms with Crippen molar-refractivity contribution in [2.45, 2.75) is 38.1 Å². The Bertz CT molecular complexity index is 617. The SMILES string of the molecule is CNCC1CCN(C(=O)C2(C)CCCN2C(=O)c2ccccc2)CC1.Cl. The molecule has 0 aliphatic carbocycles. The predicted octanol–water partition coefficient (Wildman–Crippen LogP) is 2.56. The van der Waals surface area contributed by atoms with Gasteiger partial charge in [-0.2, -0.15) is 0 Å². The van der Waals surface area contributed by atoms with Crippen molar-refractivity contribution < 1.29 is 9.59 Å². The summed E-state index contributed by atoms with van der Waals surface area (Å²) >= 11 is 0. The van der Waals surface area contributed by atoms with Crippen molar-refractivity contribution >= 4 is 24.2 Å². The van der Waals surface area contributed by atoms with Crippen LogP contribution in [0, 0.1) is 5.92 Å². The minimum Gasteiger partial charge on any atom is -0.341 e. The highest BCUT2D eigenvalue weighted by Gasteiger charge is 2.48. The summed E-state index contributed by atoms with van der Waals surface area (Å²) in [7, 11) is 1.98. The molecular formula is C20H30ClN3O2. The molecule has 0 radical (unpaired) electrons. The molecule has 1 aromatic rings. The van der Waals surface area contributed by atoms with Gasteiger partial charge in [-0.1, -0.05) is 18.2 Å². The number of amides is 2. The summed E-state index contributed by atoms with van der Waals surface area (Å²) in [4.78, 5) is 30.0. The smallest absolute Gasteiger partial charge is 0.254 e. The minimum atomic E-state index is -0.706. The Kier molecular flexibility index (Phi) is 7.07. The third-order valence-electron chi connectivity index (χ3n) is 5.76. The summed E-state index contributed by atoms with van der Waals surface area (Å²) < 4.78 is 0. The number of halogens is 1. The number of carbonyl (C=O) groups excluding carboxylic acids is 2. The topological polar surface area (TPSA) is 52.7 Å². The zero-order valence-corrected chi connectivity index (χ0v) is 16.6. The molecule has 1 unspecified atom stereocenters. The Balaban J connectivity index is 0.00000243. The molecule has 2 saturated heterocycles. The van der Waals surface area contributed by atoms with Crippen LogP contribution in [-0.4, -0.2) is 60.4 Å². The zero-order valence-electron chi connectivity index (χ0n) is 15.7. The van der Waals surface area contributed by atoms with Crippen LogP contribution in [0.5, 0.6) is 0 Å². The number of benzene rings is 1. The average Bonchev–Trinajstić information content (AvgIpc) is 3.05. The van der Waals surface area contributed by atoms with Gasteiger partial charge in [-0.15, -0.1) is 12.4 Å². The summed E-state index contributed by atoms with van der Waals surface area (Å²) in [5, 5.41) is 3.23. The van der Waals surface area contributed by atoms with E-state index >= 15 is 0 Å². The van der Waals surface area contributed by atoms with Crippen LogP contribution < -0.4 is 5.32 Å². The Hall–Kier alpha value is -1.59. The van der Waals surface area contributed by atoms with E-state index < -0.39 is 5.54 Å². The van der Waals surface area contributed by atoms with Gasteiger partial charge in [-0.3, -0.25) is 9.59 Å². The van der Waals surface area contributed by atoms with E-state index in [4.69, 9.17) is 0 Å². The number of likely N-dealkylation sites (tertiary alicyclic amines) is 2. The quantitative estimate of drug-likeness (QED) is 0.874. The first kappa shape index (κ1) is 20.7. The first-order valence-electron chi connectivity index (χ1n) is 9.37. The van der Waals surface area contributed by atoms with Crippen molar-refractivity contribution in [2.75, 3.05) is 33.2 Å². The second-order valence-corrected chi connectivity index (χ2v) is 7.49. The molecule has 5 nitrogen and oxygen atoms in total. The molecule has 2 heterocycles. The maximum Gasteiger partial charge on any atom is 0.254 e. The van der Waals surface area contributed by atoms with Crippen molar-refractivity contribution in [1.82, 2.24) is 15.1 Å². The molecule has 3 rings (SSSR count). The summed E-state index contributed by atoms with van der Waals surface area (Å²) in [6.45, 7) is 5.22. The molecule has 0 aromatic heterocycles. The first-order valence-corrected chi connectivity index (χ1v) is 9.37. The van der Waals surface area contributed by atoms with Gasteiger partial charge in [0, 0.05) is 25.2 Å². The molecule has 0 bridgehead atoms. The Morgan fingerprint density at radius 3 is 2.42 bits per heavy atom. The van der Waals surface area contributed by atoms with E-state index in [0.29, 0.717) is 18.0 Å². The van der Waals surface area contributed by atoms with Gasteiger partial charge in [0.15, 0.2) is 0 Å². The van der Waals surface area contributed by atoms with Gasteiger partial charge in [0.25, 0.3) is 5.91 Å². The lowest BCUT2D eigenvalue weighted by atomic mass is 9.92. The zero-order chi connectivity index (χ0) is 17.9. The fourth-order valence-corrected chi connectivity index (χ4v) is 4.22. The summed E-state index contributed by atoms with van der Waals surface area (Å²) in [6, 6.07) is 9.30. The van der Waals surface area contributed by atoms with Crippen LogP contribution in [0.4, 0.5) is 0 Å². The standard InChI is InChI=1S/C20H29N3O2.ClH/c1-20(19(25)22-13-9-16(10-14-22)15-21-2)11-6-12-23(20)18(24)17-7-4-3-5-8-17;/h3-5,7-8,16,21H,6,9-15H2,1-2H3;1H. The summed E-state index contributed by atoms with van der Waals surface area (Å²) in [5.41, 5.74) is -0.0425. The third kappa shape index (κ3) is 4.04. The van der Waals surface area contributed by atoms with Gasteiger partial charge >= 0.3 is 0 Å². The Labute approximate surface area is 162 Å². The number of hydrogen-bond acceptors (Lipinski definition) is 3. The highest BCUT2D eigenvalue weighted by molar-refractivity contribution is 5.99. The van der Waals surface area contributed by atoms with Crippen LogP contribution >= 0.6 is 12.4 Å². The van der Waals surface area contributed by atoms with E-state index in [1.807, 2.05) is 49.2 Å². The van der Waals surface area contributed by atoms with Crippen LogP contribution in [-0.2, 0) is 4.79 Å². The highest BCUT2D eigenvalue weighted by Crippen LogP contribution is 2.33. The molecule has 0 spiro atoms. The van der Waals surface area contributed by atoms with Gasteiger partial charge in [0.2, 0.25) is 5.91 Å². The van der Waals surface area contributed by atoms with E-state index in [1.54, 1.807) is 4.90 Å². The minimum absolute atomic E-state index is 0. The lowest BCUT2D eigenvalue weighted by Crippen LogP contribution is -2.58. The first-order chi connectivity index (χ1) is 12.1. The van der Waals surface area contributed by atoms with Gasteiger partial charge < -0.3 is 15.1 Å². The molecule has 144 valence electrons. The molecule has 2 aliphatic heterocycles. The highest BCUT2D eigenvalue weighted by atomic mass is 35.5. The summed E-state index contributed by atoms with van der Waals surface area (Å²) in [5.74, 6) is 0.740. The van der Waals surface area contributed by atoms with Crippen molar-refractivity contribution in [3.8, 4) is 0 Å². The number of nitrogens with zero attached hydrogens (tertiary/aromatic N) is 2. The molecule has 2 aliphatic rings. The molecule has 26 heavy (non-hydrogen) atoms. The van der Waals surface area contributed by atoms with E-state index in [2.05, 4.69) is 5.32 Å². The molecule has 0 saturated carbocycles. The van der Waals surface area contributed by atoms with Gasteiger partial charge in [0.05, 0.1) is 0 Å². The molecule has 2 fully saturated rings. The van der Waals surface area contributed by atoms with E-state index in [0.717, 1.165) is 45.3 Å². The van der Waals surface area contributed by atoms with Crippen molar-refractivity contribution in [2.24, 2.45) is 5.92 Å². The van der Waals surface area contributed by atoms with Crippen LogP contribution in [0.15, 0.2) is 30.3 Å². The fraction of sp³-hybridized carbons (Fsp3) is 0.600.